The van der Waals surface area contributed by atoms with Crippen LogP contribution in [0, 0.1) is 11.6 Å². The zero-order valence-electron chi connectivity index (χ0n) is 13.3. The van der Waals surface area contributed by atoms with Gasteiger partial charge in [-0.05, 0) is 25.5 Å². The van der Waals surface area contributed by atoms with Gasteiger partial charge in [0, 0.05) is 6.54 Å². The van der Waals surface area contributed by atoms with Crippen molar-refractivity contribution in [3.05, 3.63) is 40.3 Å². The number of aromatic amines is 1. The molecule has 0 fully saturated rings. The summed E-state index contributed by atoms with van der Waals surface area (Å²) >= 11 is 1.04. The predicted molar refractivity (Wildman–Crippen MR) is 88.1 cm³/mol. The lowest BCUT2D eigenvalue weighted by atomic mass is 10.3. The van der Waals surface area contributed by atoms with Crippen LogP contribution in [0.3, 0.4) is 0 Å². The largest absolute Gasteiger partial charge is 0.343 e. The van der Waals surface area contributed by atoms with E-state index in [0.717, 1.165) is 36.7 Å². The van der Waals surface area contributed by atoms with Gasteiger partial charge in [0.05, 0.1) is 5.25 Å². The number of hydrogen-bond acceptors (Lipinski definition) is 4. The highest BCUT2D eigenvalue weighted by Gasteiger charge is 2.21. The van der Waals surface area contributed by atoms with Crippen molar-refractivity contribution in [2.24, 2.45) is 0 Å². The molecule has 6 nitrogen and oxygen atoms in total. The first-order valence-corrected chi connectivity index (χ1v) is 8.38. The number of nitrogens with one attached hydrogen (secondary N) is 2. The first-order chi connectivity index (χ1) is 11.4. The first-order valence-electron chi connectivity index (χ1n) is 7.50. The second-order valence-corrected chi connectivity index (χ2v) is 6.47. The lowest BCUT2D eigenvalue weighted by Gasteiger charge is -2.13. The van der Waals surface area contributed by atoms with Crippen LogP contribution in [0.4, 0.5) is 14.5 Å². The minimum absolute atomic E-state index is 0.348. The molecule has 1 atom stereocenters. The monoisotopic (exact) mass is 356 g/mol. The third-order valence-corrected chi connectivity index (χ3v) is 4.41. The Hall–Kier alpha value is -2.16. The number of carbonyl (C=O) groups is 1. The molecule has 0 radical (unpaired) electrons. The normalized spacial score (nSPS) is 12.2. The van der Waals surface area contributed by atoms with Gasteiger partial charge in [0.1, 0.15) is 17.3 Å². The standard InChI is InChI=1S/C15H18F2N4O2S/c1-3-4-8-21-14(23)19-20-15(21)24-9(2)13(22)18-12-10(16)6-5-7-11(12)17/h5-7,9H,3-4,8H2,1-2H3,(H,18,22)(H,19,23). The molecule has 0 aliphatic heterocycles. The highest BCUT2D eigenvalue weighted by atomic mass is 32.2. The van der Waals surface area contributed by atoms with E-state index in [4.69, 9.17) is 0 Å². The third kappa shape index (κ3) is 4.22. The van der Waals surface area contributed by atoms with Crippen molar-refractivity contribution in [3.63, 3.8) is 0 Å². The van der Waals surface area contributed by atoms with Crippen molar-refractivity contribution in [2.75, 3.05) is 5.32 Å². The van der Waals surface area contributed by atoms with Crippen molar-refractivity contribution in [2.45, 2.75) is 43.6 Å². The molecule has 2 aromatic rings. The zero-order valence-corrected chi connectivity index (χ0v) is 14.1. The predicted octanol–water partition coefficient (Wildman–Crippen LogP) is 2.77. The number of hydrogen-bond donors (Lipinski definition) is 2. The maximum atomic E-state index is 13.6. The molecule has 0 saturated carbocycles. The molecule has 2 rings (SSSR count). The second-order valence-electron chi connectivity index (χ2n) is 5.16. The van der Waals surface area contributed by atoms with Gasteiger partial charge < -0.3 is 5.32 Å². The smallest absolute Gasteiger partial charge is 0.320 e. The SMILES string of the molecule is CCCCn1c(SC(C)C(=O)Nc2c(F)cccc2F)n[nH]c1=O. The van der Waals surface area contributed by atoms with E-state index in [1.165, 1.54) is 10.6 Å². The number of halogens is 2. The number of nitrogens with zero attached hydrogens (tertiary/aromatic N) is 2. The summed E-state index contributed by atoms with van der Waals surface area (Å²) in [4.78, 5) is 23.9. The third-order valence-electron chi connectivity index (χ3n) is 3.32. The highest BCUT2D eigenvalue weighted by Crippen LogP contribution is 2.23. The van der Waals surface area contributed by atoms with Crippen molar-refractivity contribution in [1.82, 2.24) is 14.8 Å². The Morgan fingerprint density at radius 1 is 1.42 bits per heavy atom. The fourth-order valence-electron chi connectivity index (χ4n) is 1.96. The summed E-state index contributed by atoms with van der Waals surface area (Å²) in [6, 6.07) is 3.34. The second kappa shape index (κ2) is 8.09. The Bertz CT molecular complexity index is 755. The number of carbonyl (C=O) groups excluding carboxylic acids is 1. The van der Waals surface area contributed by atoms with Crippen molar-refractivity contribution >= 4 is 23.4 Å². The van der Waals surface area contributed by atoms with Gasteiger partial charge in [-0.3, -0.25) is 9.36 Å². The first kappa shape index (κ1) is 18.2. The van der Waals surface area contributed by atoms with Crippen LogP contribution in [0.15, 0.2) is 28.2 Å². The van der Waals surface area contributed by atoms with Crippen LogP contribution in [0.2, 0.25) is 0 Å². The Balaban J connectivity index is 2.08. The van der Waals surface area contributed by atoms with Crippen LogP contribution in [0.5, 0.6) is 0 Å². The van der Waals surface area contributed by atoms with E-state index < -0.39 is 28.5 Å². The molecule has 1 heterocycles. The fraction of sp³-hybridized carbons (Fsp3) is 0.400. The van der Waals surface area contributed by atoms with Crippen LogP contribution in [-0.2, 0) is 11.3 Å². The van der Waals surface area contributed by atoms with Crippen molar-refractivity contribution < 1.29 is 13.6 Å². The molecule has 24 heavy (non-hydrogen) atoms. The molecule has 1 unspecified atom stereocenters. The Labute approximate surface area is 141 Å². The molecule has 0 aliphatic carbocycles. The average Bonchev–Trinajstić information content (AvgIpc) is 2.88. The van der Waals surface area contributed by atoms with E-state index in [0.29, 0.717) is 11.7 Å². The maximum Gasteiger partial charge on any atom is 0.343 e. The molecule has 0 aliphatic rings. The fourth-order valence-corrected chi connectivity index (χ4v) is 2.84. The number of aromatic nitrogens is 3. The van der Waals surface area contributed by atoms with Crippen LogP contribution >= 0.6 is 11.8 Å². The Morgan fingerprint density at radius 3 is 2.71 bits per heavy atom. The molecule has 9 heteroatoms. The van der Waals surface area contributed by atoms with E-state index in [-0.39, 0.29) is 5.69 Å². The minimum atomic E-state index is -0.847. The summed E-state index contributed by atoms with van der Waals surface area (Å²) in [6.07, 6.45) is 1.71. The summed E-state index contributed by atoms with van der Waals surface area (Å²) in [5.74, 6) is -2.28. The number of benzene rings is 1. The van der Waals surface area contributed by atoms with Crippen molar-refractivity contribution in [3.8, 4) is 0 Å². The highest BCUT2D eigenvalue weighted by molar-refractivity contribution is 8.00. The number of para-hydroxylation sites is 1. The van der Waals surface area contributed by atoms with E-state index in [9.17, 15) is 18.4 Å². The molecule has 1 aromatic carbocycles. The summed E-state index contributed by atoms with van der Waals surface area (Å²) < 4.78 is 28.6. The van der Waals surface area contributed by atoms with E-state index in [1.54, 1.807) is 6.92 Å². The molecular weight excluding hydrogens is 338 g/mol. The van der Waals surface area contributed by atoms with Crippen LogP contribution in [-0.4, -0.2) is 25.9 Å². The quantitative estimate of drug-likeness (QED) is 0.748. The number of thioether (sulfide) groups is 1. The maximum absolute atomic E-state index is 13.6. The number of amides is 1. The molecule has 2 N–H and O–H groups in total. The summed E-state index contributed by atoms with van der Waals surface area (Å²) in [6.45, 7) is 4.06. The minimum Gasteiger partial charge on any atom is -0.320 e. The molecule has 1 aromatic heterocycles. The molecule has 0 saturated heterocycles. The van der Waals surface area contributed by atoms with Gasteiger partial charge in [-0.15, -0.1) is 5.10 Å². The number of unbranched alkanes of at least 4 members (excludes halogenated alkanes) is 1. The van der Waals surface area contributed by atoms with Crippen LogP contribution in [0.25, 0.3) is 0 Å². The lowest BCUT2D eigenvalue weighted by Crippen LogP contribution is -2.25. The van der Waals surface area contributed by atoms with Gasteiger partial charge in [-0.2, -0.15) is 0 Å². The summed E-state index contributed by atoms with van der Waals surface area (Å²) in [5, 5.41) is 8.14. The Kier molecular flexibility index (Phi) is 6.13. The van der Waals surface area contributed by atoms with Gasteiger partial charge in [0.2, 0.25) is 5.91 Å². The number of rotatable bonds is 7. The molecular formula is C15H18F2N4O2S. The van der Waals surface area contributed by atoms with Gasteiger partial charge >= 0.3 is 5.69 Å². The topological polar surface area (TPSA) is 79.8 Å². The number of anilines is 1. The summed E-state index contributed by atoms with van der Waals surface area (Å²) in [7, 11) is 0. The van der Waals surface area contributed by atoms with Gasteiger partial charge in [-0.25, -0.2) is 18.7 Å². The molecule has 1 amide bonds. The van der Waals surface area contributed by atoms with Gasteiger partial charge in [-0.1, -0.05) is 31.2 Å². The lowest BCUT2D eigenvalue weighted by molar-refractivity contribution is -0.115. The summed E-state index contributed by atoms with van der Waals surface area (Å²) in [5.41, 5.74) is -0.834. The van der Waals surface area contributed by atoms with Crippen molar-refractivity contribution in [1.29, 1.82) is 0 Å². The van der Waals surface area contributed by atoms with Crippen LogP contribution < -0.4 is 11.0 Å². The molecule has 130 valence electrons. The Morgan fingerprint density at radius 2 is 2.08 bits per heavy atom. The number of H-pyrrole nitrogens is 1. The van der Waals surface area contributed by atoms with Crippen LogP contribution in [0.1, 0.15) is 26.7 Å². The molecule has 0 spiro atoms. The average molecular weight is 356 g/mol. The van der Waals surface area contributed by atoms with E-state index in [1.807, 2.05) is 6.92 Å². The molecule has 0 bridgehead atoms. The zero-order chi connectivity index (χ0) is 17.7. The van der Waals surface area contributed by atoms with E-state index >= 15 is 0 Å². The van der Waals surface area contributed by atoms with Gasteiger partial charge in [0.25, 0.3) is 0 Å². The van der Waals surface area contributed by atoms with Gasteiger partial charge in [0.15, 0.2) is 5.16 Å². The van der Waals surface area contributed by atoms with E-state index in [2.05, 4.69) is 15.5 Å².